The number of nitrogens with zero attached hydrogens (tertiary/aromatic N) is 1. The topological polar surface area (TPSA) is 72.6 Å². The lowest BCUT2D eigenvalue weighted by Gasteiger charge is -2.04. The lowest BCUT2D eigenvalue weighted by atomic mass is 10.2. The molecule has 2 aromatic heterocycles. The summed E-state index contributed by atoms with van der Waals surface area (Å²) in [6.07, 6.45) is 1.63. The standard InChI is InChI=1S/C15H11NO4/c17-15(18)14-6-5-11(20-14)9-19-12-7-10-3-1-2-4-13(10)16-8-12/h1-8H,9H2,(H,17,18). The van der Waals surface area contributed by atoms with E-state index in [4.69, 9.17) is 14.3 Å². The third-order valence-electron chi connectivity index (χ3n) is 2.82. The fraction of sp³-hybridized carbons (Fsp3) is 0.0667. The van der Waals surface area contributed by atoms with E-state index in [1.165, 1.54) is 6.07 Å². The molecule has 0 aliphatic carbocycles. The van der Waals surface area contributed by atoms with Crippen molar-refractivity contribution in [1.29, 1.82) is 0 Å². The summed E-state index contributed by atoms with van der Waals surface area (Å²) in [6.45, 7) is 0.160. The Balaban J connectivity index is 1.74. The highest BCUT2D eigenvalue weighted by Crippen LogP contribution is 2.19. The van der Waals surface area contributed by atoms with Crippen LogP contribution in [0.2, 0.25) is 0 Å². The molecular formula is C15H11NO4. The number of aromatic nitrogens is 1. The zero-order valence-corrected chi connectivity index (χ0v) is 10.4. The molecule has 0 saturated carbocycles. The Hall–Kier alpha value is -2.82. The molecule has 0 amide bonds. The molecule has 0 aliphatic heterocycles. The average molecular weight is 269 g/mol. The van der Waals surface area contributed by atoms with E-state index in [1.54, 1.807) is 12.3 Å². The van der Waals surface area contributed by atoms with E-state index < -0.39 is 5.97 Å². The lowest BCUT2D eigenvalue weighted by Crippen LogP contribution is -1.95. The zero-order chi connectivity index (χ0) is 13.9. The molecule has 5 heteroatoms. The molecule has 0 fully saturated rings. The van der Waals surface area contributed by atoms with E-state index in [0.717, 1.165) is 10.9 Å². The van der Waals surface area contributed by atoms with Gasteiger partial charge in [0.2, 0.25) is 5.76 Å². The van der Waals surface area contributed by atoms with E-state index in [1.807, 2.05) is 30.3 Å². The predicted molar refractivity (Wildman–Crippen MR) is 71.7 cm³/mol. The summed E-state index contributed by atoms with van der Waals surface area (Å²) in [5, 5.41) is 9.74. The van der Waals surface area contributed by atoms with Crippen molar-refractivity contribution in [3.05, 3.63) is 60.2 Å². The second-order valence-corrected chi connectivity index (χ2v) is 4.22. The van der Waals surface area contributed by atoms with E-state index in [2.05, 4.69) is 4.98 Å². The summed E-state index contributed by atoms with van der Waals surface area (Å²) in [5.74, 6) is -0.128. The fourth-order valence-electron chi connectivity index (χ4n) is 1.85. The minimum atomic E-state index is -1.09. The summed E-state index contributed by atoms with van der Waals surface area (Å²) < 4.78 is 10.7. The third kappa shape index (κ3) is 2.47. The van der Waals surface area contributed by atoms with Gasteiger partial charge in [0.15, 0.2) is 0 Å². The predicted octanol–water partition coefficient (Wildman–Crippen LogP) is 3.11. The zero-order valence-electron chi connectivity index (χ0n) is 10.4. The van der Waals surface area contributed by atoms with Gasteiger partial charge >= 0.3 is 5.97 Å². The number of ether oxygens (including phenoxy) is 1. The number of pyridine rings is 1. The van der Waals surface area contributed by atoms with E-state index in [9.17, 15) is 4.79 Å². The number of carboxylic acids is 1. The van der Waals surface area contributed by atoms with Crippen LogP contribution in [0.4, 0.5) is 0 Å². The third-order valence-corrected chi connectivity index (χ3v) is 2.82. The van der Waals surface area contributed by atoms with Crippen molar-refractivity contribution in [2.45, 2.75) is 6.61 Å². The Bertz CT molecular complexity index is 763. The van der Waals surface area contributed by atoms with Gasteiger partial charge in [-0.1, -0.05) is 18.2 Å². The average Bonchev–Trinajstić information content (AvgIpc) is 2.94. The van der Waals surface area contributed by atoms with Crippen molar-refractivity contribution in [2.75, 3.05) is 0 Å². The number of aromatic carboxylic acids is 1. The first-order valence-corrected chi connectivity index (χ1v) is 6.02. The van der Waals surface area contributed by atoms with Gasteiger partial charge in [-0.25, -0.2) is 4.79 Å². The molecule has 0 radical (unpaired) electrons. The molecule has 0 saturated heterocycles. The molecule has 5 nitrogen and oxygen atoms in total. The first kappa shape index (κ1) is 12.2. The molecular weight excluding hydrogens is 258 g/mol. The van der Waals surface area contributed by atoms with Crippen LogP contribution < -0.4 is 4.74 Å². The maximum absolute atomic E-state index is 10.7. The Kier molecular flexibility index (Phi) is 3.09. The summed E-state index contributed by atoms with van der Waals surface area (Å²) >= 11 is 0. The number of furan rings is 1. The molecule has 0 spiro atoms. The maximum atomic E-state index is 10.7. The number of rotatable bonds is 4. The fourth-order valence-corrected chi connectivity index (χ4v) is 1.85. The van der Waals surface area contributed by atoms with Crippen LogP contribution in [-0.4, -0.2) is 16.1 Å². The number of hydrogen-bond donors (Lipinski definition) is 1. The van der Waals surface area contributed by atoms with Crippen molar-refractivity contribution >= 4 is 16.9 Å². The molecule has 100 valence electrons. The smallest absolute Gasteiger partial charge is 0.371 e. The summed E-state index contributed by atoms with van der Waals surface area (Å²) in [4.78, 5) is 15.0. The Morgan fingerprint density at radius 2 is 2.10 bits per heavy atom. The molecule has 3 aromatic rings. The van der Waals surface area contributed by atoms with E-state index >= 15 is 0 Å². The highest BCUT2D eigenvalue weighted by Gasteiger charge is 2.09. The SMILES string of the molecule is O=C(O)c1ccc(COc2cnc3ccccc3c2)o1. The van der Waals surface area contributed by atoms with Crippen molar-refractivity contribution in [1.82, 2.24) is 4.98 Å². The molecule has 3 rings (SSSR count). The van der Waals surface area contributed by atoms with Crippen LogP contribution in [0.5, 0.6) is 5.75 Å². The molecule has 1 aromatic carbocycles. The summed E-state index contributed by atoms with van der Waals surface area (Å²) in [6, 6.07) is 12.6. The molecule has 0 aliphatic rings. The second kappa shape index (κ2) is 5.05. The first-order valence-electron chi connectivity index (χ1n) is 6.02. The summed E-state index contributed by atoms with van der Waals surface area (Å²) in [5.41, 5.74) is 0.894. The van der Waals surface area contributed by atoms with Crippen LogP contribution in [0, 0.1) is 0 Å². The Labute approximate surface area is 114 Å². The van der Waals surface area contributed by atoms with E-state index in [0.29, 0.717) is 11.5 Å². The van der Waals surface area contributed by atoms with Crippen molar-refractivity contribution < 1.29 is 19.1 Å². The van der Waals surface area contributed by atoms with Crippen LogP contribution in [0.15, 0.2) is 53.1 Å². The van der Waals surface area contributed by atoms with Gasteiger partial charge in [0.05, 0.1) is 11.7 Å². The van der Waals surface area contributed by atoms with Gasteiger partial charge in [-0.15, -0.1) is 0 Å². The van der Waals surface area contributed by atoms with Crippen LogP contribution in [0.25, 0.3) is 10.9 Å². The number of carbonyl (C=O) groups is 1. The minimum absolute atomic E-state index is 0.0970. The lowest BCUT2D eigenvalue weighted by molar-refractivity contribution is 0.0658. The summed E-state index contributed by atoms with van der Waals surface area (Å²) in [7, 11) is 0. The molecule has 1 N–H and O–H groups in total. The first-order chi connectivity index (χ1) is 9.72. The van der Waals surface area contributed by atoms with Gasteiger partial charge in [0, 0.05) is 5.39 Å². The van der Waals surface area contributed by atoms with Gasteiger partial charge in [-0.3, -0.25) is 4.98 Å². The highest BCUT2D eigenvalue weighted by atomic mass is 16.5. The molecule has 20 heavy (non-hydrogen) atoms. The van der Waals surface area contributed by atoms with Crippen molar-refractivity contribution in [2.24, 2.45) is 0 Å². The van der Waals surface area contributed by atoms with Gasteiger partial charge in [0.25, 0.3) is 0 Å². The highest BCUT2D eigenvalue weighted by molar-refractivity contribution is 5.84. The number of benzene rings is 1. The second-order valence-electron chi connectivity index (χ2n) is 4.22. The maximum Gasteiger partial charge on any atom is 0.371 e. The number of carboxylic acid groups (broad SMARTS) is 1. The van der Waals surface area contributed by atoms with Crippen molar-refractivity contribution in [3.63, 3.8) is 0 Å². The number of para-hydroxylation sites is 1. The quantitative estimate of drug-likeness (QED) is 0.787. The number of hydrogen-bond acceptors (Lipinski definition) is 4. The van der Waals surface area contributed by atoms with E-state index in [-0.39, 0.29) is 12.4 Å². The van der Waals surface area contributed by atoms with Crippen LogP contribution in [0.1, 0.15) is 16.3 Å². The number of fused-ring (bicyclic) bond motifs is 1. The largest absolute Gasteiger partial charge is 0.484 e. The van der Waals surface area contributed by atoms with Gasteiger partial charge in [-0.05, 0) is 24.3 Å². The molecule has 2 heterocycles. The normalized spacial score (nSPS) is 10.6. The van der Waals surface area contributed by atoms with Crippen molar-refractivity contribution in [3.8, 4) is 5.75 Å². The Morgan fingerprint density at radius 1 is 1.25 bits per heavy atom. The van der Waals surface area contributed by atoms with Gasteiger partial charge in [0.1, 0.15) is 18.1 Å². The monoisotopic (exact) mass is 269 g/mol. The minimum Gasteiger partial charge on any atom is -0.484 e. The van der Waals surface area contributed by atoms with Crippen LogP contribution >= 0.6 is 0 Å². The van der Waals surface area contributed by atoms with Crippen LogP contribution in [-0.2, 0) is 6.61 Å². The van der Waals surface area contributed by atoms with Crippen LogP contribution in [0.3, 0.4) is 0 Å². The van der Waals surface area contributed by atoms with Gasteiger partial charge in [-0.2, -0.15) is 0 Å². The molecule has 0 unspecified atom stereocenters. The Morgan fingerprint density at radius 3 is 2.90 bits per heavy atom. The molecule has 0 atom stereocenters. The van der Waals surface area contributed by atoms with Gasteiger partial charge < -0.3 is 14.3 Å². The molecule has 0 bridgehead atoms.